The van der Waals surface area contributed by atoms with E-state index in [1.165, 1.54) is 0 Å². The quantitative estimate of drug-likeness (QED) is 0.502. The van der Waals surface area contributed by atoms with Crippen molar-refractivity contribution in [3.63, 3.8) is 0 Å². The Kier molecular flexibility index (Phi) is 9.65. The molecule has 2 unspecified atom stereocenters. The smallest absolute Gasteiger partial charge is 0.333 e. The first-order valence-electron chi connectivity index (χ1n) is 10.2. The van der Waals surface area contributed by atoms with E-state index in [4.69, 9.17) is 4.74 Å². The van der Waals surface area contributed by atoms with Crippen molar-refractivity contribution in [3.05, 3.63) is 11.6 Å². The lowest BCUT2D eigenvalue weighted by molar-refractivity contribution is -0.138. The Morgan fingerprint density at radius 1 is 1.29 bits per heavy atom. The van der Waals surface area contributed by atoms with Crippen LogP contribution >= 0.6 is 0 Å². The van der Waals surface area contributed by atoms with Gasteiger partial charge in [-0.05, 0) is 53.0 Å². The zero-order valence-corrected chi connectivity index (χ0v) is 18.4. The Morgan fingerprint density at radius 3 is 2.50 bits per heavy atom. The van der Waals surface area contributed by atoms with E-state index in [-0.39, 0.29) is 42.3 Å². The second-order valence-electron chi connectivity index (χ2n) is 7.99. The molecule has 1 rings (SSSR count). The highest BCUT2D eigenvalue weighted by molar-refractivity contribution is 5.89. The number of carbonyl (C=O) groups is 3. The van der Waals surface area contributed by atoms with Crippen molar-refractivity contribution < 1.29 is 19.1 Å². The molecule has 1 aliphatic heterocycles. The van der Waals surface area contributed by atoms with Crippen LogP contribution in [0.4, 0.5) is 0 Å². The minimum absolute atomic E-state index is 0.0520. The summed E-state index contributed by atoms with van der Waals surface area (Å²) in [6.45, 7) is 9.79. The molecule has 0 bridgehead atoms. The van der Waals surface area contributed by atoms with E-state index < -0.39 is 0 Å². The van der Waals surface area contributed by atoms with Crippen LogP contribution in [0.1, 0.15) is 53.9 Å². The number of piperidine rings is 1. The van der Waals surface area contributed by atoms with Crippen molar-refractivity contribution in [1.29, 1.82) is 0 Å². The molecule has 0 saturated carbocycles. The predicted molar refractivity (Wildman–Crippen MR) is 110 cm³/mol. The van der Waals surface area contributed by atoms with Gasteiger partial charge in [-0.3, -0.25) is 14.5 Å². The summed E-state index contributed by atoms with van der Waals surface area (Å²) in [6, 6.07) is -0.0796. The Balaban J connectivity index is 2.71. The minimum Gasteiger partial charge on any atom is -0.463 e. The highest BCUT2D eigenvalue weighted by Crippen LogP contribution is 2.21. The zero-order chi connectivity index (χ0) is 21.4. The van der Waals surface area contributed by atoms with Gasteiger partial charge in [0.15, 0.2) is 0 Å². The number of nitrogens with zero attached hydrogens (tertiary/aromatic N) is 2. The van der Waals surface area contributed by atoms with Crippen LogP contribution in [-0.4, -0.2) is 73.0 Å². The molecule has 0 aliphatic carbocycles. The molecule has 0 radical (unpaired) electrons. The summed E-state index contributed by atoms with van der Waals surface area (Å²) in [5, 5.41) is 2.79. The first kappa shape index (κ1) is 24.1. The maximum atomic E-state index is 12.7. The Hall–Kier alpha value is -1.89. The molecule has 1 heterocycles. The third-order valence-corrected chi connectivity index (χ3v) is 5.54. The summed E-state index contributed by atoms with van der Waals surface area (Å²) in [6.07, 6.45) is 4.68. The lowest BCUT2D eigenvalue weighted by Gasteiger charge is -2.37. The van der Waals surface area contributed by atoms with E-state index in [9.17, 15) is 14.4 Å². The number of esters is 1. The zero-order valence-electron chi connectivity index (χ0n) is 18.4. The lowest BCUT2D eigenvalue weighted by Crippen LogP contribution is -2.53. The first-order chi connectivity index (χ1) is 13.1. The van der Waals surface area contributed by atoms with Gasteiger partial charge in [-0.25, -0.2) is 4.79 Å². The largest absolute Gasteiger partial charge is 0.463 e. The van der Waals surface area contributed by atoms with Crippen LogP contribution in [-0.2, 0) is 19.1 Å². The minimum atomic E-state index is -0.378. The van der Waals surface area contributed by atoms with Gasteiger partial charge in [0, 0.05) is 18.7 Å². The molecule has 1 aliphatic rings. The molecule has 0 aromatic carbocycles. The van der Waals surface area contributed by atoms with E-state index in [2.05, 4.69) is 17.1 Å². The Labute approximate surface area is 169 Å². The molecule has 7 heteroatoms. The summed E-state index contributed by atoms with van der Waals surface area (Å²) < 4.78 is 5.02. The number of hydrogen-bond acceptors (Lipinski definition) is 5. The maximum absolute atomic E-state index is 12.7. The Bertz CT molecular complexity index is 588. The van der Waals surface area contributed by atoms with Gasteiger partial charge in [-0.1, -0.05) is 19.9 Å². The van der Waals surface area contributed by atoms with E-state index in [1.54, 1.807) is 31.9 Å². The Morgan fingerprint density at radius 2 is 1.93 bits per heavy atom. The van der Waals surface area contributed by atoms with Gasteiger partial charge in [0.05, 0.1) is 25.2 Å². The average Bonchev–Trinajstić information content (AvgIpc) is 2.65. The molecule has 7 nitrogen and oxygen atoms in total. The van der Waals surface area contributed by atoms with Crippen LogP contribution in [0, 0.1) is 5.92 Å². The van der Waals surface area contributed by atoms with Crippen LogP contribution < -0.4 is 5.32 Å². The van der Waals surface area contributed by atoms with Crippen LogP contribution in [0.15, 0.2) is 11.6 Å². The number of likely N-dealkylation sites (tertiary alicyclic amines) is 1. The number of carbonyl (C=O) groups excluding carboxylic acids is 3. The van der Waals surface area contributed by atoms with E-state index >= 15 is 0 Å². The summed E-state index contributed by atoms with van der Waals surface area (Å²) in [7, 11) is 3.66. The van der Waals surface area contributed by atoms with Crippen LogP contribution in [0.2, 0.25) is 0 Å². The molecule has 1 saturated heterocycles. The topological polar surface area (TPSA) is 79.0 Å². The molecule has 0 aromatic rings. The van der Waals surface area contributed by atoms with Crippen LogP contribution in [0.25, 0.3) is 0 Å². The van der Waals surface area contributed by atoms with Crippen molar-refractivity contribution in [3.8, 4) is 0 Å². The van der Waals surface area contributed by atoms with Gasteiger partial charge >= 0.3 is 5.97 Å². The first-order valence-corrected chi connectivity index (χ1v) is 10.2. The van der Waals surface area contributed by atoms with Crippen molar-refractivity contribution in [2.75, 3.05) is 27.2 Å². The van der Waals surface area contributed by atoms with Crippen molar-refractivity contribution in [1.82, 2.24) is 15.1 Å². The average molecular weight is 396 g/mol. The molecule has 3 atom stereocenters. The molecule has 160 valence electrons. The van der Waals surface area contributed by atoms with Gasteiger partial charge in [0.1, 0.15) is 0 Å². The third kappa shape index (κ3) is 6.62. The third-order valence-electron chi connectivity index (χ3n) is 5.54. The second-order valence-corrected chi connectivity index (χ2v) is 7.99. The summed E-state index contributed by atoms with van der Waals surface area (Å²) >= 11 is 0. The number of likely N-dealkylation sites (N-methyl/N-ethyl adjacent to an activating group) is 2. The molecule has 1 N–H and O–H groups in total. The molecule has 2 amide bonds. The number of hydrogen-bond donors (Lipinski definition) is 1. The molecule has 28 heavy (non-hydrogen) atoms. The van der Waals surface area contributed by atoms with E-state index in [1.807, 2.05) is 20.9 Å². The molecule has 0 aromatic heterocycles. The molecular formula is C21H37N3O4. The maximum Gasteiger partial charge on any atom is 0.333 e. The van der Waals surface area contributed by atoms with Crippen LogP contribution in [0.3, 0.4) is 0 Å². The predicted octanol–water partition coefficient (Wildman–Crippen LogP) is 1.97. The number of amides is 2. The van der Waals surface area contributed by atoms with Gasteiger partial charge in [-0.2, -0.15) is 0 Å². The van der Waals surface area contributed by atoms with Gasteiger partial charge in [0.2, 0.25) is 11.8 Å². The summed E-state index contributed by atoms with van der Waals surface area (Å²) in [4.78, 5) is 40.7. The van der Waals surface area contributed by atoms with Gasteiger partial charge in [-0.15, -0.1) is 0 Å². The monoisotopic (exact) mass is 395 g/mol. The summed E-state index contributed by atoms with van der Waals surface area (Å²) in [5.41, 5.74) is 0.474. The van der Waals surface area contributed by atoms with Crippen molar-refractivity contribution in [2.45, 2.75) is 72.0 Å². The fraction of sp³-hybridized carbons (Fsp3) is 0.762. The fourth-order valence-corrected chi connectivity index (χ4v) is 3.53. The second kappa shape index (κ2) is 11.2. The molecular weight excluding hydrogens is 358 g/mol. The number of ether oxygens (including phenoxy) is 1. The van der Waals surface area contributed by atoms with Gasteiger partial charge < -0.3 is 15.0 Å². The molecule has 1 fully saturated rings. The summed E-state index contributed by atoms with van der Waals surface area (Å²) in [5.74, 6) is -0.558. The van der Waals surface area contributed by atoms with E-state index in [0.29, 0.717) is 18.2 Å². The number of rotatable bonds is 8. The fourth-order valence-electron chi connectivity index (χ4n) is 3.53. The normalized spacial score (nSPS) is 21.9. The standard InChI is InChI=1S/C21H37N3O4/c1-8-28-21(27)15(4)12-18(14(2)3)24(7)19(25)13-22-20(26)17-11-9-10-16(5)23(17)6/h12,14,16-18H,8-11,13H2,1-7H3,(H,22,26)/t16?,17?,18-/m1/s1. The van der Waals surface area contributed by atoms with Gasteiger partial charge in [0.25, 0.3) is 0 Å². The SMILES string of the molecule is CCOC(=O)C(C)=C[C@H](C(C)C)N(C)C(=O)CNC(=O)C1CCCC(C)N1C. The molecule has 0 spiro atoms. The van der Waals surface area contributed by atoms with Crippen molar-refractivity contribution in [2.24, 2.45) is 5.92 Å². The number of nitrogens with one attached hydrogen (secondary N) is 1. The van der Waals surface area contributed by atoms with Crippen molar-refractivity contribution >= 4 is 17.8 Å². The highest BCUT2D eigenvalue weighted by Gasteiger charge is 2.30. The highest BCUT2D eigenvalue weighted by atomic mass is 16.5. The van der Waals surface area contributed by atoms with Crippen LogP contribution in [0.5, 0.6) is 0 Å². The lowest BCUT2D eigenvalue weighted by atomic mass is 9.97. The van der Waals surface area contributed by atoms with E-state index in [0.717, 1.165) is 19.3 Å².